The molecule has 1 aromatic heterocycles. The second-order valence-electron chi connectivity index (χ2n) is 11.5. The van der Waals surface area contributed by atoms with Crippen molar-refractivity contribution in [2.75, 3.05) is 26.8 Å². The zero-order valence-electron chi connectivity index (χ0n) is 22.3. The fourth-order valence-corrected chi connectivity index (χ4v) is 6.69. The molecule has 2 aromatic carbocycles. The lowest BCUT2D eigenvalue weighted by Gasteiger charge is -2.59. The number of aromatic nitrogens is 1. The summed E-state index contributed by atoms with van der Waals surface area (Å²) in [6.45, 7) is 7.86. The minimum absolute atomic E-state index is 0.00232. The van der Waals surface area contributed by atoms with Gasteiger partial charge in [-0.25, -0.2) is 0 Å². The largest absolute Gasteiger partial charge is 0.493 e. The lowest BCUT2D eigenvalue weighted by Crippen LogP contribution is -2.65. The molecule has 2 saturated heterocycles. The van der Waals surface area contributed by atoms with Crippen molar-refractivity contribution in [3.63, 3.8) is 0 Å². The summed E-state index contributed by atoms with van der Waals surface area (Å²) in [5.41, 5.74) is 4.03. The van der Waals surface area contributed by atoms with Crippen molar-refractivity contribution >= 4 is 22.8 Å². The van der Waals surface area contributed by atoms with Crippen LogP contribution in [0, 0.1) is 25.2 Å². The number of nitrogens with zero attached hydrogens (tertiary/aromatic N) is 1. The van der Waals surface area contributed by atoms with Crippen LogP contribution in [0.25, 0.3) is 10.9 Å². The van der Waals surface area contributed by atoms with E-state index in [0.717, 1.165) is 34.1 Å². The molecule has 0 unspecified atom stereocenters. The summed E-state index contributed by atoms with van der Waals surface area (Å²) in [5.74, 6) is 0.387. The number of aromatic amines is 1. The van der Waals surface area contributed by atoms with E-state index in [9.17, 15) is 14.7 Å². The first-order chi connectivity index (χ1) is 18.1. The minimum Gasteiger partial charge on any atom is -0.493 e. The van der Waals surface area contributed by atoms with E-state index in [-0.39, 0.29) is 29.8 Å². The van der Waals surface area contributed by atoms with E-state index in [1.165, 1.54) is 0 Å². The van der Waals surface area contributed by atoms with Gasteiger partial charge in [0.25, 0.3) is 5.91 Å². The molecule has 0 aliphatic carbocycles. The van der Waals surface area contributed by atoms with Gasteiger partial charge in [-0.3, -0.25) is 9.59 Å². The van der Waals surface area contributed by atoms with Gasteiger partial charge >= 0.3 is 5.97 Å². The molecule has 0 saturated carbocycles. The number of carbonyl (C=O) groups excluding carboxylic acids is 1. The SMILES string of the molecule is COc1cccc2c1O[C@](C)(CCC(=O)O)[C@@H]1CC3(CO[C@@H]21)CN(C(=O)c1ccc2[nH]c(C)c(C)c2c1)C3. The number of rotatable bonds is 5. The number of hydrogen-bond donors (Lipinski definition) is 2. The smallest absolute Gasteiger partial charge is 0.303 e. The minimum atomic E-state index is -0.853. The van der Waals surface area contributed by atoms with Crippen molar-refractivity contribution in [2.45, 2.75) is 51.7 Å². The van der Waals surface area contributed by atoms with Gasteiger partial charge in [0.2, 0.25) is 0 Å². The highest BCUT2D eigenvalue weighted by Gasteiger charge is 2.58. The van der Waals surface area contributed by atoms with Gasteiger partial charge in [0.05, 0.1) is 19.8 Å². The summed E-state index contributed by atoms with van der Waals surface area (Å²) >= 11 is 0. The van der Waals surface area contributed by atoms with Crippen LogP contribution in [0.4, 0.5) is 0 Å². The third kappa shape index (κ3) is 3.85. The molecule has 2 N–H and O–H groups in total. The number of carbonyl (C=O) groups is 2. The van der Waals surface area contributed by atoms with Crippen LogP contribution < -0.4 is 9.47 Å². The number of hydrogen-bond acceptors (Lipinski definition) is 5. The zero-order chi connectivity index (χ0) is 26.8. The van der Waals surface area contributed by atoms with Crippen LogP contribution in [-0.2, 0) is 9.53 Å². The van der Waals surface area contributed by atoms with Crippen LogP contribution >= 0.6 is 0 Å². The third-order valence-corrected chi connectivity index (χ3v) is 8.97. The monoisotopic (exact) mass is 518 g/mol. The van der Waals surface area contributed by atoms with Crippen LogP contribution in [0.5, 0.6) is 11.5 Å². The number of carboxylic acid groups (broad SMARTS) is 1. The van der Waals surface area contributed by atoms with Crippen molar-refractivity contribution in [1.82, 2.24) is 9.88 Å². The van der Waals surface area contributed by atoms with E-state index in [1.807, 2.05) is 55.1 Å². The van der Waals surface area contributed by atoms with Crippen molar-refractivity contribution in [2.24, 2.45) is 11.3 Å². The Kier molecular flexibility index (Phi) is 5.72. The highest BCUT2D eigenvalue weighted by Crippen LogP contribution is 2.58. The van der Waals surface area contributed by atoms with E-state index in [0.29, 0.717) is 43.2 Å². The predicted molar refractivity (Wildman–Crippen MR) is 142 cm³/mol. The average Bonchev–Trinajstić information content (AvgIpc) is 3.18. The number of aryl methyl sites for hydroxylation is 2. The first-order valence-corrected chi connectivity index (χ1v) is 13.2. The number of likely N-dealkylation sites (tertiary alicyclic amines) is 1. The maximum absolute atomic E-state index is 13.4. The average molecular weight is 519 g/mol. The maximum Gasteiger partial charge on any atom is 0.303 e. The molecule has 3 aliphatic heterocycles. The molecule has 1 amide bonds. The topological polar surface area (TPSA) is 101 Å². The molecule has 1 spiro atoms. The number of H-pyrrole nitrogens is 1. The van der Waals surface area contributed by atoms with E-state index >= 15 is 0 Å². The van der Waals surface area contributed by atoms with E-state index in [4.69, 9.17) is 14.2 Å². The fourth-order valence-electron chi connectivity index (χ4n) is 6.69. The van der Waals surface area contributed by atoms with Gasteiger partial charge < -0.3 is 29.2 Å². The Morgan fingerprint density at radius 2 is 2.00 bits per heavy atom. The van der Waals surface area contributed by atoms with Gasteiger partial charge in [-0.1, -0.05) is 12.1 Å². The quantitative estimate of drug-likeness (QED) is 0.491. The molecule has 38 heavy (non-hydrogen) atoms. The Labute approximate surface area is 221 Å². The zero-order valence-corrected chi connectivity index (χ0v) is 22.3. The first kappa shape index (κ1) is 24.8. The number of para-hydroxylation sites is 1. The summed E-state index contributed by atoms with van der Waals surface area (Å²) in [6, 6.07) is 11.6. The summed E-state index contributed by atoms with van der Waals surface area (Å²) in [6.07, 6.45) is 0.940. The molecule has 8 nitrogen and oxygen atoms in total. The second kappa shape index (κ2) is 8.76. The molecule has 8 heteroatoms. The summed E-state index contributed by atoms with van der Waals surface area (Å²) in [7, 11) is 1.60. The van der Waals surface area contributed by atoms with Gasteiger partial charge in [0, 0.05) is 58.6 Å². The lowest BCUT2D eigenvalue weighted by molar-refractivity contribution is -0.198. The fraction of sp³-hybridized carbons (Fsp3) is 0.467. The van der Waals surface area contributed by atoms with Crippen LogP contribution in [-0.4, -0.2) is 59.3 Å². The summed E-state index contributed by atoms with van der Waals surface area (Å²) in [4.78, 5) is 30.2. The van der Waals surface area contributed by atoms with E-state index in [2.05, 4.69) is 11.9 Å². The standard InChI is InChI=1S/C30H34N2O6/c1-17-18(2)31-23-9-8-19(12-21(17)23)28(35)32-14-30(15-32)13-22-26(37-16-30)20-6-5-7-24(36-4)27(20)38-29(22,3)11-10-25(33)34/h5-9,12,22,26,31H,10-11,13-16H2,1-4H3,(H,33,34)/t22-,26+,29-/m1/s1. The van der Waals surface area contributed by atoms with Crippen molar-refractivity contribution in [1.29, 1.82) is 0 Å². The Hall–Kier alpha value is -3.52. The van der Waals surface area contributed by atoms with Gasteiger partial charge in [0.15, 0.2) is 11.5 Å². The normalized spacial score (nSPS) is 25.3. The lowest BCUT2D eigenvalue weighted by atomic mass is 9.63. The predicted octanol–water partition coefficient (Wildman–Crippen LogP) is 5.03. The molecule has 3 aromatic rings. The Bertz CT molecular complexity index is 1440. The van der Waals surface area contributed by atoms with Gasteiger partial charge in [0.1, 0.15) is 5.60 Å². The number of methoxy groups -OCH3 is 1. The van der Waals surface area contributed by atoms with Gasteiger partial charge in [-0.2, -0.15) is 0 Å². The Morgan fingerprint density at radius 3 is 2.74 bits per heavy atom. The number of ether oxygens (including phenoxy) is 3. The number of aliphatic carboxylic acids is 1. The number of amides is 1. The van der Waals surface area contributed by atoms with Gasteiger partial charge in [-0.15, -0.1) is 0 Å². The molecule has 0 radical (unpaired) electrons. The second-order valence-corrected chi connectivity index (χ2v) is 11.5. The molecule has 2 fully saturated rings. The summed E-state index contributed by atoms with van der Waals surface area (Å²) in [5, 5.41) is 10.5. The third-order valence-electron chi connectivity index (χ3n) is 8.97. The molecule has 4 heterocycles. The van der Waals surface area contributed by atoms with Crippen molar-refractivity contribution in [3.8, 4) is 11.5 Å². The molecule has 3 aliphatic rings. The van der Waals surface area contributed by atoms with Crippen LogP contribution in [0.2, 0.25) is 0 Å². The van der Waals surface area contributed by atoms with Crippen molar-refractivity contribution < 1.29 is 28.9 Å². The number of benzene rings is 2. The van der Waals surface area contributed by atoms with Crippen LogP contribution in [0.1, 0.15) is 59.5 Å². The van der Waals surface area contributed by atoms with Crippen LogP contribution in [0.3, 0.4) is 0 Å². The summed E-state index contributed by atoms with van der Waals surface area (Å²) < 4.78 is 18.7. The molecular formula is C30H34N2O6. The molecule has 3 atom stereocenters. The number of carboxylic acids is 1. The molecule has 0 bridgehead atoms. The molecular weight excluding hydrogens is 484 g/mol. The molecule has 6 rings (SSSR count). The van der Waals surface area contributed by atoms with E-state index < -0.39 is 11.6 Å². The highest BCUT2D eigenvalue weighted by molar-refractivity contribution is 5.99. The van der Waals surface area contributed by atoms with E-state index in [1.54, 1.807) is 7.11 Å². The first-order valence-electron chi connectivity index (χ1n) is 13.2. The highest BCUT2D eigenvalue weighted by atomic mass is 16.5. The molecule has 200 valence electrons. The maximum atomic E-state index is 13.4. The Morgan fingerprint density at radius 1 is 1.21 bits per heavy atom. The van der Waals surface area contributed by atoms with Crippen molar-refractivity contribution in [3.05, 3.63) is 58.8 Å². The van der Waals surface area contributed by atoms with Gasteiger partial charge in [-0.05, 0) is 63.4 Å². The Balaban J connectivity index is 1.24. The number of nitrogens with one attached hydrogen (secondary N) is 1. The van der Waals surface area contributed by atoms with Crippen LogP contribution in [0.15, 0.2) is 36.4 Å². The number of fused-ring (bicyclic) bond motifs is 4.